The Labute approximate surface area is 77.3 Å². The molecule has 0 aromatic carbocycles. The zero-order valence-corrected chi connectivity index (χ0v) is 7.91. The zero-order valence-electron chi connectivity index (χ0n) is 7.91. The summed E-state index contributed by atoms with van der Waals surface area (Å²) in [6, 6.07) is -0.176. The smallest absolute Gasteiger partial charge is 0.305 e. The van der Waals surface area contributed by atoms with Crippen LogP contribution in [0.2, 0.25) is 0 Å². The fourth-order valence-corrected chi connectivity index (χ4v) is 1.67. The van der Waals surface area contributed by atoms with Gasteiger partial charge >= 0.3 is 5.97 Å². The molecule has 0 aromatic rings. The van der Waals surface area contributed by atoms with Crippen molar-refractivity contribution in [3.63, 3.8) is 0 Å². The number of hydrogen-bond donors (Lipinski definition) is 2. The highest BCUT2D eigenvalue weighted by molar-refractivity contribution is 5.75. The fourth-order valence-electron chi connectivity index (χ4n) is 1.67. The molecule has 13 heavy (non-hydrogen) atoms. The van der Waals surface area contributed by atoms with Gasteiger partial charge < -0.3 is 10.4 Å². The number of carbonyl (C=O) groups excluding carboxylic acids is 1. The summed E-state index contributed by atoms with van der Waals surface area (Å²) in [5.41, 5.74) is 0. The molecular weight excluding hydrogens is 170 g/mol. The van der Waals surface area contributed by atoms with Gasteiger partial charge in [0, 0.05) is 13.0 Å². The van der Waals surface area contributed by atoms with Crippen molar-refractivity contribution in [1.29, 1.82) is 0 Å². The molecule has 0 saturated heterocycles. The van der Waals surface area contributed by atoms with Crippen molar-refractivity contribution in [2.24, 2.45) is 11.8 Å². The van der Waals surface area contributed by atoms with Crippen LogP contribution in [0.3, 0.4) is 0 Å². The van der Waals surface area contributed by atoms with Gasteiger partial charge in [-0.15, -0.1) is 0 Å². The summed E-state index contributed by atoms with van der Waals surface area (Å²) in [6.45, 7) is 3.49. The number of carboxylic acids is 1. The van der Waals surface area contributed by atoms with Crippen LogP contribution in [-0.2, 0) is 9.59 Å². The number of aliphatic carboxylic acids is 1. The predicted molar refractivity (Wildman–Crippen MR) is 47.1 cm³/mol. The second-order valence-corrected chi connectivity index (χ2v) is 3.78. The SMILES string of the molecule is CC(=O)NC(CC(=O)O)C1CC1C. The van der Waals surface area contributed by atoms with Gasteiger partial charge in [0.2, 0.25) is 5.91 Å². The third kappa shape index (κ3) is 3.05. The van der Waals surface area contributed by atoms with Crippen molar-refractivity contribution in [1.82, 2.24) is 5.32 Å². The molecule has 74 valence electrons. The Kier molecular flexibility index (Phi) is 2.90. The minimum atomic E-state index is -0.849. The van der Waals surface area contributed by atoms with E-state index in [0.29, 0.717) is 11.8 Å². The molecule has 4 heteroatoms. The van der Waals surface area contributed by atoms with E-state index in [9.17, 15) is 9.59 Å². The van der Waals surface area contributed by atoms with E-state index < -0.39 is 5.97 Å². The van der Waals surface area contributed by atoms with E-state index in [1.54, 1.807) is 0 Å². The number of carbonyl (C=O) groups is 2. The quantitative estimate of drug-likeness (QED) is 0.674. The standard InChI is InChI=1S/C9H15NO3/c1-5-3-7(5)8(4-9(12)13)10-6(2)11/h5,7-8H,3-4H2,1-2H3,(H,10,11)(H,12,13). The highest BCUT2D eigenvalue weighted by Crippen LogP contribution is 2.41. The van der Waals surface area contributed by atoms with Crippen molar-refractivity contribution in [3.8, 4) is 0 Å². The molecule has 0 radical (unpaired) electrons. The summed E-state index contributed by atoms with van der Waals surface area (Å²) >= 11 is 0. The second-order valence-electron chi connectivity index (χ2n) is 3.78. The topological polar surface area (TPSA) is 66.4 Å². The Balaban J connectivity index is 2.44. The first-order valence-corrected chi connectivity index (χ1v) is 4.49. The zero-order chi connectivity index (χ0) is 10.0. The number of nitrogens with one attached hydrogen (secondary N) is 1. The van der Waals surface area contributed by atoms with Gasteiger partial charge in [-0.1, -0.05) is 6.92 Å². The van der Waals surface area contributed by atoms with Gasteiger partial charge in [-0.25, -0.2) is 0 Å². The average molecular weight is 185 g/mol. The van der Waals surface area contributed by atoms with Crippen molar-refractivity contribution >= 4 is 11.9 Å². The highest BCUT2D eigenvalue weighted by atomic mass is 16.4. The maximum absolute atomic E-state index is 10.8. The van der Waals surface area contributed by atoms with Gasteiger partial charge in [0.15, 0.2) is 0 Å². The second kappa shape index (κ2) is 3.77. The summed E-state index contributed by atoms with van der Waals surface area (Å²) < 4.78 is 0. The van der Waals surface area contributed by atoms with E-state index in [-0.39, 0.29) is 18.4 Å². The lowest BCUT2D eigenvalue weighted by atomic mass is 10.1. The lowest BCUT2D eigenvalue weighted by Gasteiger charge is -2.14. The van der Waals surface area contributed by atoms with Crippen LogP contribution in [0.25, 0.3) is 0 Å². The van der Waals surface area contributed by atoms with Crippen LogP contribution in [0.5, 0.6) is 0 Å². The van der Waals surface area contributed by atoms with E-state index in [4.69, 9.17) is 5.11 Å². The first-order valence-electron chi connectivity index (χ1n) is 4.49. The van der Waals surface area contributed by atoms with Crippen molar-refractivity contribution in [3.05, 3.63) is 0 Å². The molecular formula is C9H15NO3. The third-order valence-electron chi connectivity index (χ3n) is 2.47. The van der Waals surface area contributed by atoms with Gasteiger partial charge in [-0.05, 0) is 18.3 Å². The van der Waals surface area contributed by atoms with Crippen LogP contribution in [0.1, 0.15) is 26.7 Å². The number of rotatable bonds is 4. The molecule has 1 rings (SSSR count). The summed E-state index contributed by atoms with van der Waals surface area (Å²) in [5, 5.41) is 11.3. The molecule has 3 atom stereocenters. The summed E-state index contributed by atoms with van der Waals surface area (Å²) in [7, 11) is 0. The molecule has 2 N–H and O–H groups in total. The molecule has 1 aliphatic rings. The molecule has 1 saturated carbocycles. The maximum Gasteiger partial charge on any atom is 0.305 e. The van der Waals surface area contributed by atoms with Gasteiger partial charge in [0.1, 0.15) is 0 Å². The maximum atomic E-state index is 10.8. The Hall–Kier alpha value is -1.06. The lowest BCUT2D eigenvalue weighted by Crippen LogP contribution is -2.37. The molecule has 3 unspecified atom stereocenters. The normalized spacial score (nSPS) is 27.8. The molecule has 0 bridgehead atoms. The molecule has 1 fully saturated rings. The van der Waals surface area contributed by atoms with Crippen molar-refractivity contribution in [2.45, 2.75) is 32.7 Å². The third-order valence-corrected chi connectivity index (χ3v) is 2.47. The first-order chi connectivity index (χ1) is 6.00. The molecule has 0 heterocycles. The van der Waals surface area contributed by atoms with Gasteiger partial charge in [0.05, 0.1) is 6.42 Å². The minimum absolute atomic E-state index is 0.0363. The Morgan fingerprint density at radius 1 is 1.62 bits per heavy atom. The van der Waals surface area contributed by atoms with Gasteiger partial charge in [-0.3, -0.25) is 9.59 Å². The lowest BCUT2D eigenvalue weighted by molar-refractivity contribution is -0.137. The molecule has 0 spiro atoms. The van der Waals surface area contributed by atoms with E-state index in [1.165, 1.54) is 6.92 Å². The van der Waals surface area contributed by atoms with E-state index in [2.05, 4.69) is 12.2 Å². The molecule has 1 amide bonds. The Morgan fingerprint density at radius 3 is 2.46 bits per heavy atom. The average Bonchev–Trinajstić information content (AvgIpc) is 2.63. The minimum Gasteiger partial charge on any atom is -0.481 e. The van der Waals surface area contributed by atoms with Crippen LogP contribution in [-0.4, -0.2) is 23.0 Å². The van der Waals surface area contributed by atoms with Crippen LogP contribution < -0.4 is 5.32 Å². The number of hydrogen-bond acceptors (Lipinski definition) is 2. The molecule has 0 aromatic heterocycles. The first kappa shape index (κ1) is 10.0. The van der Waals surface area contributed by atoms with E-state index in [0.717, 1.165) is 6.42 Å². The van der Waals surface area contributed by atoms with Crippen LogP contribution in [0, 0.1) is 11.8 Å². The van der Waals surface area contributed by atoms with Crippen LogP contribution in [0.4, 0.5) is 0 Å². The number of amides is 1. The Morgan fingerprint density at radius 2 is 2.15 bits per heavy atom. The summed E-state index contributed by atoms with van der Waals surface area (Å²) in [4.78, 5) is 21.2. The van der Waals surface area contributed by atoms with Crippen molar-refractivity contribution in [2.75, 3.05) is 0 Å². The Bertz CT molecular complexity index is 211. The molecule has 4 nitrogen and oxygen atoms in total. The van der Waals surface area contributed by atoms with E-state index in [1.807, 2.05) is 0 Å². The largest absolute Gasteiger partial charge is 0.481 e. The van der Waals surface area contributed by atoms with Crippen LogP contribution in [0.15, 0.2) is 0 Å². The predicted octanol–water partition coefficient (Wildman–Crippen LogP) is 0.622. The summed E-state index contributed by atoms with van der Waals surface area (Å²) in [6.07, 6.45) is 1.06. The molecule has 0 aliphatic heterocycles. The fraction of sp³-hybridized carbons (Fsp3) is 0.778. The summed E-state index contributed by atoms with van der Waals surface area (Å²) in [5.74, 6) is -0.0839. The highest BCUT2D eigenvalue weighted by Gasteiger charge is 2.40. The molecule has 1 aliphatic carbocycles. The van der Waals surface area contributed by atoms with Gasteiger partial charge in [0.25, 0.3) is 0 Å². The van der Waals surface area contributed by atoms with Crippen LogP contribution >= 0.6 is 0 Å². The monoisotopic (exact) mass is 185 g/mol. The van der Waals surface area contributed by atoms with Gasteiger partial charge in [-0.2, -0.15) is 0 Å². The van der Waals surface area contributed by atoms with Crippen molar-refractivity contribution < 1.29 is 14.7 Å². The van der Waals surface area contributed by atoms with E-state index >= 15 is 0 Å². The number of carboxylic acid groups (broad SMARTS) is 1.